The Hall–Kier alpha value is -1.89. The highest BCUT2D eigenvalue weighted by molar-refractivity contribution is 7.12. The molecule has 0 radical (unpaired) electrons. The fourth-order valence-electron chi connectivity index (χ4n) is 3.94. The van der Waals surface area contributed by atoms with Gasteiger partial charge < -0.3 is 14.9 Å². The molecule has 0 spiro atoms. The maximum atomic E-state index is 12.8. The molecule has 2 saturated heterocycles. The van der Waals surface area contributed by atoms with E-state index in [0.717, 1.165) is 10.4 Å². The number of aryl methyl sites for hydroxylation is 1. The van der Waals surface area contributed by atoms with Crippen LogP contribution in [0.4, 0.5) is 0 Å². The van der Waals surface area contributed by atoms with Gasteiger partial charge in [0.05, 0.1) is 10.3 Å². The third-order valence-corrected chi connectivity index (χ3v) is 6.41. The van der Waals surface area contributed by atoms with E-state index in [1.807, 2.05) is 18.4 Å². The summed E-state index contributed by atoms with van der Waals surface area (Å²) in [6.45, 7) is 5.01. The fourth-order valence-corrected chi connectivity index (χ4v) is 4.83. The summed E-state index contributed by atoms with van der Waals surface area (Å²) in [5.41, 5.74) is 0.0288. The van der Waals surface area contributed by atoms with Gasteiger partial charge >= 0.3 is 5.97 Å². The van der Waals surface area contributed by atoms with E-state index in [4.69, 9.17) is 0 Å². The monoisotopic (exact) mass is 350 g/mol. The Morgan fingerprint density at radius 1 is 1.29 bits per heavy atom. The van der Waals surface area contributed by atoms with Crippen molar-refractivity contribution in [2.75, 3.05) is 26.2 Å². The summed E-state index contributed by atoms with van der Waals surface area (Å²) in [5.74, 6) is -1.19. The van der Waals surface area contributed by atoms with E-state index in [0.29, 0.717) is 32.5 Å². The zero-order valence-corrected chi connectivity index (χ0v) is 14.8. The molecule has 2 aliphatic heterocycles. The van der Waals surface area contributed by atoms with Gasteiger partial charge in [0.1, 0.15) is 0 Å². The SMILES string of the molecule is CC(=O)N1C[C@H]2CN(C(=O)c3sccc3C)CCC[C@@]2(C(=O)O)C1. The van der Waals surface area contributed by atoms with Crippen molar-refractivity contribution in [3.05, 3.63) is 21.9 Å². The number of fused-ring (bicyclic) bond motifs is 1. The minimum atomic E-state index is -0.925. The van der Waals surface area contributed by atoms with Crippen molar-refractivity contribution >= 4 is 29.1 Å². The number of carboxylic acid groups (broad SMARTS) is 1. The summed E-state index contributed by atoms with van der Waals surface area (Å²) < 4.78 is 0. The molecule has 0 saturated carbocycles. The van der Waals surface area contributed by atoms with Gasteiger partial charge in [-0.1, -0.05) is 0 Å². The third-order valence-electron chi connectivity index (χ3n) is 5.40. The Morgan fingerprint density at radius 3 is 2.58 bits per heavy atom. The van der Waals surface area contributed by atoms with Crippen LogP contribution >= 0.6 is 11.3 Å². The number of carbonyl (C=O) groups is 3. The Kier molecular flexibility index (Phi) is 4.38. The average Bonchev–Trinajstić information content (AvgIpc) is 3.06. The van der Waals surface area contributed by atoms with Crippen LogP contribution < -0.4 is 0 Å². The van der Waals surface area contributed by atoms with Crippen molar-refractivity contribution in [2.45, 2.75) is 26.7 Å². The highest BCUT2D eigenvalue weighted by Gasteiger charge is 2.54. The van der Waals surface area contributed by atoms with Gasteiger partial charge in [-0.15, -0.1) is 11.3 Å². The number of rotatable bonds is 2. The van der Waals surface area contributed by atoms with Crippen LogP contribution in [0, 0.1) is 18.3 Å². The van der Waals surface area contributed by atoms with Gasteiger partial charge in [0, 0.05) is 39.0 Å². The van der Waals surface area contributed by atoms with Gasteiger partial charge in [-0.25, -0.2) is 0 Å². The van der Waals surface area contributed by atoms with E-state index in [1.54, 1.807) is 9.80 Å². The van der Waals surface area contributed by atoms with Crippen LogP contribution in [0.5, 0.6) is 0 Å². The number of hydrogen-bond donors (Lipinski definition) is 1. The normalized spacial score (nSPS) is 26.8. The van der Waals surface area contributed by atoms with E-state index < -0.39 is 11.4 Å². The summed E-state index contributed by atoms with van der Waals surface area (Å²) in [7, 11) is 0. The topological polar surface area (TPSA) is 77.9 Å². The molecule has 2 fully saturated rings. The number of hydrogen-bond acceptors (Lipinski definition) is 4. The molecule has 1 aromatic rings. The van der Waals surface area contributed by atoms with Gasteiger partial charge in [0.25, 0.3) is 5.91 Å². The molecule has 0 unspecified atom stereocenters. The number of amides is 2. The minimum absolute atomic E-state index is 0.0232. The first-order valence-electron chi connectivity index (χ1n) is 8.17. The molecule has 130 valence electrons. The second-order valence-electron chi connectivity index (χ2n) is 6.85. The number of carboxylic acids is 1. The maximum Gasteiger partial charge on any atom is 0.311 e. The zero-order valence-electron chi connectivity index (χ0n) is 13.9. The fraction of sp³-hybridized carbons (Fsp3) is 0.588. The predicted molar refractivity (Wildman–Crippen MR) is 90.0 cm³/mol. The molecule has 24 heavy (non-hydrogen) atoms. The van der Waals surface area contributed by atoms with Crippen LogP contribution in [0.1, 0.15) is 35.0 Å². The van der Waals surface area contributed by atoms with E-state index in [1.165, 1.54) is 18.3 Å². The maximum absolute atomic E-state index is 12.8. The van der Waals surface area contributed by atoms with Crippen LogP contribution in [0.25, 0.3) is 0 Å². The van der Waals surface area contributed by atoms with Gasteiger partial charge in [-0.05, 0) is 36.8 Å². The number of thiophene rings is 1. The van der Waals surface area contributed by atoms with E-state index >= 15 is 0 Å². The van der Waals surface area contributed by atoms with Crippen LogP contribution in [0.15, 0.2) is 11.4 Å². The first-order chi connectivity index (χ1) is 11.3. The molecule has 0 aromatic carbocycles. The zero-order chi connectivity index (χ0) is 17.5. The Morgan fingerprint density at radius 2 is 2.00 bits per heavy atom. The molecule has 7 heteroatoms. The lowest BCUT2D eigenvalue weighted by atomic mass is 9.75. The lowest BCUT2D eigenvalue weighted by Crippen LogP contribution is -2.42. The largest absolute Gasteiger partial charge is 0.481 e. The smallest absolute Gasteiger partial charge is 0.311 e. The molecule has 0 aliphatic carbocycles. The number of carbonyl (C=O) groups excluding carboxylic acids is 2. The quantitative estimate of drug-likeness (QED) is 0.883. The second kappa shape index (κ2) is 6.20. The van der Waals surface area contributed by atoms with E-state index in [2.05, 4.69) is 0 Å². The first-order valence-corrected chi connectivity index (χ1v) is 9.05. The third kappa shape index (κ3) is 2.70. The van der Waals surface area contributed by atoms with Gasteiger partial charge in [-0.3, -0.25) is 14.4 Å². The number of likely N-dealkylation sites (tertiary alicyclic amines) is 2. The van der Waals surface area contributed by atoms with E-state index in [-0.39, 0.29) is 24.3 Å². The molecule has 1 aromatic heterocycles. The predicted octanol–water partition coefficient (Wildman–Crippen LogP) is 1.84. The van der Waals surface area contributed by atoms with Crippen molar-refractivity contribution in [1.82, 2.24) is 9.80 Å². The van der Waals surface area contributed by atoms with Gasteiger partial charge in [0.15, 0.2) is 0 Å². The Labute approximate surface area is 145 Å². The van der Waals surface area contributed by atoms with Crippen molar-refractivity contribution in [1.29, 1.82) is 0 Å². The molecule has 3 heterocycles. The molecule has 6 nitrogen and oxygen atoms in total. The lowest BCUT2D eigenvalue weighted by Gasteiger charge is -2.29. The van der Waals surface area contributed by atoms with E-state index in [9.17, 15) is 19.5 Å². The van der Waals surface area contributed by atoms with Gasteiger partial charge in [0.2, 0.25) is 5.91 Å². The Balaban J connectivity index is 1.86. The molecule has 0 bridgehead atoms. The van der Waals surface area contributed by atoms with Crippen LogP contribution in [-0.4, -0.2) is 58.9 Å². The van der Waals surface area contributed by atoms with Crippen molar-refractivity contribution in [3.63, 3.8) is 0 Å². The summed E-state index contributed by atoms with van der Waals surface area (Å²) in [6, 6.07) is 1.92. The summed E-state index contributed by atoms with van der Waals surface area (Å²) in [4.78, 5) is 40.7. The summed E-state index contributed by atoms with van der Waals surface area (Å²) in [5, 5.41) is 11.7. The summed E-state index contributed by atoms with van der Waals surface area (Å²) >= 11 is 1.42. The second-order valence-corrected chi connectivity index (χ2v) is 7.76. The number of nitrogens with zero attached hydrogens (tertiary/aromatic N) is 2. The minimum Gasteiger partial charge on any atom is -0.481 e. The van der Waals surface area contributed by atoms with Crippen molar-refractivity contribution in [3.8, 4) is 0 Å². The molecule has 2 atom stereocenters. The van der Waals surface area contributed by atoms with Crippen molar-refractivity contribution in [2.24, 2.45) is 11.3 Å². The summed E-state index contributed by atoms with van der Waals surface area (Å²) in [6.07, 6.45) is 1.15. The van der Waals surface area contributed by atoms with Crippen LogP contribution in [0.2, 0.25) is 0 Å². The average molecular weight is 350 g/mol. The number of aliphatic carboxylic acids is 1. The lowest BCUT2D eigenvalue weighted by molar-refractivity contribution is -0.151. The highest BCUT2D eigenvalue weighted by Crippen LogP contribution is 2.43. The van der Waals surface area contributed by atoms with Crippen molar-refractivity contribution < 1.29 is 19.5 Å². The molecular weight excluding hydrogens is 328 g/mol. The van der Waals surface area contributed by atoms with Crippen LogP contribution in [0.3, 0.4) is 0 Å². The van der Waals surface area contributed by atoms with Crippen LogP contribution in [-0.2, 0) is 9.59 Å². The highest BCUT2D eigenvalue weighted by atomic mass is 32.1. The molecule has 2 aliphatic rings. The Bertz CT molecular complexity index is 686. The molecule has 3 rings (SSSR count). The standard InChI is InChI=1S/C17H22N2O4S/c1-11-4-7-24-14(11)15(21)18-6-3-5-17(16(22)23)10-19(12(2)20)9-13(17)8-18/h4,7,13H,3,5-6,8-10H2,1-2H3,(H,22,23)/t13-,17-/m1/s1. The first kappa shape index (κ1) is 17.0. The van der Waals surface area contributed by atoms with Gasteiger partial charge in [-0.2, -0.15) is 0 Å². The molecular formula is C17H22N2O4S. The molecule has 2 amide bonds. The molecule has 1 N–H and O–H groups in total.